The number of aryl methyl sites for hydroxylation is 6. The molecule has 9 aromatic heterocycles. The van der Waals surface area contributed by atoms with Gasteiger partial charge < -0.3 is 23.2 Å². The fourth-order valence-corrected chi connectivity index (χ4v) is 20.2. The molecule has 3 aliphatic rings. The molecule has 0 radical (unpaired) electrons. The minimum Gasteiger partial charge on any atom is -0.507 e. The molecule has 0 amide bonds. The number of pyridine rings is 3. The molecule has 0 aliphatic heterocycles. The molecule has 0 atom stereocenters. The van der Waals surface area contributed by atoms with Crippen LogP contribution < -0.4 is 14.2 Å². The van der Waals surface area contributed by atoms with Crippen LogP contribution in [0.3, 0.4) is 0 Å². The van der Waals surface area contributed by atoms with E-state index >= 15 is 0 Å². The zero-order chi connectivity index (χ0) is 89.0. The first-order chi connectivity index (χ1) is 64.9. The molecule has 0 unspecified atom stereocenters. The number of para-hydroxylation sites is 3. The number of rotatable bonds is 18. The van der Waals surface area contributed by atoms with E-state index in [1.807, 2.05) is 144 Å². The van der Waals surface area contributed by atoms with Crippen molar-refractivity contribution < 1.29 is 81.8 Å². The van der Waals surface area contributed by atoms with Crippen molar-refractivity contribution in [3.05, 3.63) is 508 Å². The quantitative estimate of drug-likeness (QED) is 0.0742. The van der Waals surface area contributed by atoms with E-state index in [1.165, 1.54) is 67.0 Å². The number of fused-ring (bicyclic) bond motifs is 9. The summed E-state index contributed by atoms with van der Waals surface area (Å²) in [7, 11) is 0. The number of thiophene rings is 1. The molecule has 12 aromatic carbocycles. The Morgan fingerprint density at radius 1 is 0.311 bits per heavy atom. The maximum absolute atomic E-state index is 6.40. The minimum atomic E-state index is -0.669. The number of hydrogen-bond donors (Lipinski definition) is 0. The Kier molecular flexibility index (Phi) is 25.0. The fraction of sp³-hybridized carbons (Fsp3) is 0.0789. The molecular weight excluding hydrogens is 2230 g/mol. The van der Waals surface area contributed by atoms with Crippen LogP contribution in [-0.2, 0) is 79.4 Å². The van der Waals surface area contributed by atoms with E-state index in [2.05, 4.69) is 333 Å². The summed E-state index contributed by atoms with van der Waals surface area (Å²) in [5, 5.41) is 29.0. The van der Waals surface area contributed by atoms with Crippen molar-refractivity contribution in [3.63, 3.8) is 0 Å². The molecule has 0 N–H and O–H groups in total. The molecule has 9 heterocycles. The van der Waals surface area contributed by atoms with Crippen LogP contribution in [0.25, 0.3) is 78.8 Å². The van der Waals surface area contributed by atoms with Gasteiger partial charge in [-0.3, -0.25) is 15.0 Å². The number of nitrogens with zero attached hydrogens (tertiary/aromatic N) is 13. The summed E-state index contributed by atoms with van der Waals surface area (Å²) in [5.74, 6) is 3.13. The maximum atomic E-state index is 6.40. The first-order valence-electron chi connectivity index (χ1n) is 43.4. The number of ether oxygens (including phenoxy) is 3. The SMILES string of the molecule is Cc1cccc(C)c1-n1cc(-c2[c-]c(Oc3[c-]c(C4(c5ccccn5)c5ccccc5-c5ccccc54)ccc3)oc2)nn1.Cc1cccc(C)c1-n1cc(-c2[c-]c(Oc3[c-]c(C4(c5ccccn5)c5ccccc5-c5ccccc54)ccc3)sc2)nn1.Cc1cccc(C)c1-n1cc(-n2[c-]c(Oc3[c-]c(C4(c5ccccn5)c5ccccc5-c5ccccc54)ccc3)cc2)nn1.[Pt+2].[Pt+2].[Pt+2]. The monoisotopic (exact) mass is 2310 g/mol. The third kappa shape index (κ3) is 15.9. The minimum absolute atomic E-state index is 0. The van der Waals surface area contributed by atoms with Crippen LogP contribution in [0.4, 0.5) is 0 Å². The summed E-state index contributed by atoms with van der Waals surface area (Å²) in [6, 6.07) is 126. The molecule has 21 heteroatoms. The van der Waals surface area contributed by atoms with Crippen LogP contribution in [0, 0.1) is 78.1 Å². The molecular formula is C114H79N13O4Pt3S. The van der Waals surface area contributed by atoms with E-state index in [-0.39, 0.29) is 69.1 Å². The Labute approximate surface area is 828 Å². The van der Waals surface area contributed by atoms with Gasteiger partial charge in [-0.2, -0.15) is 63.0 Å². The van der Waals surface area contributed by atoms with Gasteiger partial charge in [0.15, 0.2) is 0 Å². The van der Waals surface area contributed by atoms with Gasteiger partial charge in [-0.05, 0) is 191 Å². The van der Waals surface area contributed by atoms with Gasteiger partial charge in [0.1, 0.15) is 5.06 Å². The second-order valence-corrected chi connectivity index (χ2v) is 33.7. The smallest absolute Gasteiger partial charge is 0.507 e. The average Bonchev–Trinajstić information content (AvgIpc) is 1.55. The van der Waals surface area contributed by atoms with Crippen molar-refractivity contribution >= 4 is 11.3 Å². The van der Waals surface area contributed by atoms with Crippen molar-refractivity contribution in [2.24, 2.45) is 0 Å². The van der Waals surface area contributed by atoms with E-state index in [9.17, 15) is 0 Å². The molecule has 0 saturated heterocycles. The van der Waals surface area contributed by atoms with Gasteiger partial charge in [0.2, 0.25) is 5.95 Å². The Hall–Kier alpha value is -14.8. The number of furan rings is 1. The first-order valence-corrected chi connectivity index (χ1v) is 44.3. The van der Waals surface area contributed by atoms with Gasteiger partial charge in [0, 0.05) is 65.8 Å². The van der Waals surface area contributed by atoms with Crippen molar-refractivity contribution in [1.29, 1.82) is 0 Å². The van der Waals surface area contributed by atoms with Gasteiger partial charge >= 0.3 is 63.2 Å². The summed E-state index contributed by atoms with van der Waals surface area (Å²) >= 11 is 1.47. The van der Waals surface area contributed by atoms with Gasteiger partial charge in [0.05, 0.1) is 62.0 Å². The summed E-state index contributed by atoms with van der Waals surface area (Å²) in [6.45, 7) is 12.4. The van der Waals surface area contributed by atoms with Crippen LogP contribution in [0.5, 0.6) is 34.0 Å². The predicted octanol–water partition coefficient (Wildman–Crippen LogP) is 24.9. The summed E-state index contributed by atoms with van der Waals surface area (Å²) in [5.41, 5.74) is 30.7. The predicted molar refractivity (Wildman–Crippen MR) is 511 cm³/mol. The molecule has 660 valence electrons. The zero-order valence-corrected chi connectivity index (χ0v) is 81.2. The molecule has 135 heavy (non-hydrogen) atoms. The average molecular weight is 2310 g/mol. The molecule has 17 nitrogen and oxygen atoms in total. The van der Waals surface area contributed by atoms with Crippen molar-refractivity contribution in [2.45, 2.75) is 57.8 Å². The third-order valence-corrected chi connectivity index (χ3v) is 25.8. The van der Waals surface area contributed by atoms with E-state index in [0.717, 1.165) is 107 Å². The van der Waals surface area contributed by atoms with E-state index in [0.29, 0.717) is 45.1 Å². The summed E-state index contributed by atoms with van der Waals surface area (Å²) in [4.78, 5) is 14.7. The van der Waals surface area contributed by atoms with E-state index < -0.39 is 16.2 Å². The fourth-order valence-electron chi connectivity index (χ4n) is 19.5. The molecule has 3 aliphatic carbocycles. The van der Waals surface area contributed by atoms with Crippen LogP contribution in [0.1, 0.15) is 101 Å². The zero-order valence-electron chi connectivity index (χ0n) is 73.5. The van der Waals surface area contributed by atoms with Gasteiger partial charge in [-0.15, -0.1) is 87.9 Å². The molecule has 0 bridgehead atoms. The third-order valence-electron chi connectivity index (χ3n) is 25.1. The Morgan fingerprint density at radius 3 is 1.04 bits per heavy atom. The summed E-state index contributed by atoms with van der Waals surface area (Å²) < 4.78 is 32.0. The standard InChI is InChI=1S/C38H27N5O.C38H26N4O2.C38H26N4OS.3Pt/c1-26-11-9-12-27(2)37(26)43-25-36(40-41-43)42-22-20-30(24-42)44-29-14-10-13-28(23-29)38(35-19-7-8-21-39-35)33-17-5-3-15-31(33)32-16-4-6-18-34(32)38;1-25-11-9-12-26(2)37(25)42-23-34(40-41-42)27-21-36(43-24-27)44-29-14-10-13-28(22-29)38(35-19-7-8-20-39-35)32-17-5-3-15-30(32)31-16-4-6-18-33(31)38;1-25-11-9-12-26(2)37(25)42-23-34(40-41-42)27-21-36(44-24-27)43-29-14-10-13-28(22-29)38(35-19-7-8-20-39-35)32-17-5-3-15-30(32)31-16-4-6-18-33(31)38;;;/h3-22,25H,1-2H3;2*3-20,23-24H,1-2H3;;;/q3*-2;3*+2. The molecule has 0 fully saturated rings. The molecule has 0 spiro atoms. The van der Waals surface area contributed by atoms with Crippen molar-refractivity contribution in [3.8, 4) is 113 Å². The molecule has 0 saturated carbocycles. The van der Waals surface area contributed by atoms with Crippen LogP contribution >= 0.6 is 11.3 Å². The van der Waals surface area contributed by atoms with Gasteiger partial charge in [-0.25, -0.2) is 14.0 Å². The topological polar surface area (TPSA) is 177 Å². The molecule has 21 aromatic rings. The normalized spacial score (nSPS) is 12.7. The number of benzene rings is 12. The Bertz CT molecular complexity index is 6990. The Morgan fingerprint density at radius 2 is 0.652 bits per heavy atom. The summed E-state index contributed by atoms with van der Waals surface area (Å²) in [6.07, 6.45) is 18.0. The van der Waals surface area contributed by atoms with Crippen LogP contribution in [0.2, 0.25) is 0 Å². The van der Waals surface area contributed by atoms with Crippen LogP contribution in [0.15, 0.2) is 375 Å². The Balaban J connectivity index is 0.000000129. The maximum Gasteiger partial charge on any atom is 2.00 e. The first kappa shape index (κ1) is 89.5. The van der Waals surface area contributed by atoms with E-state index in [4.69, 9.17) is 33.6 Å². The van der Waals surface area contributed by atoms with Gasteiger partial charge in [-0.1, -0.05) is 240 Å². The van der Waals surface area contributed by atoms with Gasteiger partial charge in [0.25, 0.3) is 0 Å². The second kappa shape index (κ2) is 37.7. The molecule has 24 rings (SSSR count). The van der Waals surface area contributed by atoms with Crippen molar-refractivity contribution in [2.75, 3.05) is 0 Å². The number of aromatic nitrogens is 13. The van der Waals surface area contributed by atoms with E-state index in [1.54, 1.807) is 20.2 Å². The largest absolute Gasteiger partial charge is 2.00 e. The number of hydrogen-bond acceptors (Lipinski definition) is 14. The van der Waals surface area contributed by atoms with Crippen molar-refractivity contribution in [1.82, 2.24) is 64.5 Å². The van der Waals surface area contributed by atoms with Crippen LogP contribution in [-0.4, -0.2) is 64.5 Å². The second-order valence-electron chi connectivity index (χ2n) is 32.9.